The summed E-state index contributed by atoms with van der Waals surface area (Å²) in [6.45, 7) is 8.26. The second-order valence-corrected chi connectivity index (χ2v) is 5.02. The number of nitro benzene ring substituents is 1. The van der Waals surface area contributed by atoms with Crippen molar-refractivity contribution in [3.05, 3.63) is 67.5 Å². The van der Waals surface area contributed by atoms with Gasteiger partial charge in [-0.25, -0.2) is 13.6 Å². The van der Waals surface area contributed by atoms with Crippen molar-refractivity contribution in [2.45, 2.75) is 6.92 Å². The molecule has 8 heteroatoms. The van der Waals surface area contributed by atoms with E-state index in [1.54, 1.807) is 0 Å². The van der Waals surface area contributed by atoms with Gasteiger partial charge < -0.3 is 4.74 Å². The highest BCUT2D eigenvalue weighted by Crippen LogP contribution is 2.40. The highest BCUT2D eigenvalue weighted by atomic mass is 79.9. The maximum atomic E-state index is 14.0. The van der Waals surface area contributed by atoms with Crippen molar-refractivity contribution in [2.75, 3.05) is 0 Å². The average Bonchev–Trinajstić information content (AvgIpc) is 2.48. The Morgan fingerprint density at radius 2 is 2.00 bits per heavy atom. The monoisotopic (exact) mass is 368 g/mol. The van der Waals surface area contributed by atoms with E-state index in [4.69, 9.17) is 11.3 Å². The average molecular weight is 369 g/mol. The van der Waals surface area contributed by atoms with E-state index in [0.717, 1.165) is 18.2 Å². The van der Waals surface area contributed by atoms with Crippen LogP contribution in [0, 0.1) is 35.2 Å². The maximum absolute atomic E-state index is 14.0. The van der Waals surface area contributed by atoms with Crippen LogP contribution in [-0.4, -0.2) is 4.92 Å². The number of halogens is 3. The fourth-order valence-corrected chi connectivity index (χ4v) is 2.20. The molecule has 0 aromatic heterocycles. The zero-order valence-electron chi connectivity index (χ0n) is 11.1. The Morgan fingerprint density at radius 1 is 1.32 bits per heavy atom. The first-order valence-corrected chi connectivity index (χ1v) is 6.62. The molecule has 0 aliphatic heterocycles. The molecule has 22 heavy (non-hydrogen) atoms. The molecule has 2 aromatic carbocycles. The van der Waals surface area contributed by atoms with Gasteiger partial charge in [-0.05, 0) is 41.1 Å². The van der Waals surface area contributed by atoms with E-state index in [-0.39, 0.29) is 27.2 Å². The van der Waals surface area contributed by atoms with Gasteiger partial charge in [0.15, 0.2) is 11.6 Å². The second kappa shape index (κ2) is 6.07. The first kappa shape index (κ1) is 15.9. The van der Waals surface area contributed by atoms with Crippen LogP contribution in [-0.2, 0) is 0 Å². The molecule has 0 N–H and O–H groups in total. The van der Waals surface area contributed by atoms with Crippen LogP contribution >= 0.6 is 15.9 Å². The van der Waals surface area contributed by atoms with Crippen molar-refractivity contribution in [3.8, 4) is 11.5 Å². The van der Waals surface area contributed by atoms with Crippen LogP contribution in [0.5, 0.6) is 11.5 Å². The lowest BCUT2D eigenvalue weighted by atomic mass is 10.2. The molecule has 0 spiro atoms. The highest BCUT2D eigenvalue weighted by molar-refractivity contribution is 9.10. The van der Waals surface area contributed by atoms with Crippen molar-refractivity contribution in [1.82, 2.24) is 0 Å². The predicted molar refractivity (Wildman–Crippen MR) is 78.2 cm³/mol. The lowest BCUT2D eigenvalue weighted by molar-refractivity contribution is -0.385. The number of nitro groups is 1. The van der Waals surface area contributed by atoms with Gasteiger partial charge in [0.1, 0.15) is 11.6 Å². The zero-order chi connectivity index (χ0) is 16.4. The molecule has 112 valence electrons. The molecular formula is C14H7BrF2N2O3. The van der Waals surface area contributed by atoms with E-state index in [1.807, 2.05) is 0 Å². The van der Waals surface area contributed by atoms with Gasteiger partial charge >= 0.3 is 0 Å². The standard InChI is InChI=1S/C14H7BrF2N2O3/c1-7-12(19(20)21)6-10(17)14(13(7)15)22-8-3-4-9(16)11(5-8)18-2/h3-6H,1H3. The van der Waals surface area contributed by atoms with Crippen molar-refractivity contribution in [3.63, 3.8) is 0 Å². The Kier molecular flexibility index (Phi) is 4.37. The van der Waals surface area contributed by atoms with Gasteiger partial charge in [-0.2, -0.15) is 0 Å². The molecule has 0 radical (unpaired) electrons. The third kappa shape index (κ3) is 2.89. The predicted octanol–water partition coefficient (Wildman–Crippen LogP) is 5.29. The topological polar surface area (TPSA) is 56.7 Å². The zero-order valence-corrected chi connectivity index (χ0v) is 12.6. The van der Waals surface area contributed by atoms with Gasteiger partial charge in [-0.1, -0.05) is 0 Å². The third-order valence-electron chi connectivity index (χ3n) is 2.85. The quantitative estimate of drug-likeness (QED) is 0.420. The summed E-state index contributed by atoms with van der Waals surface area (Å²) in [5.74, 6) is -1.90. The van der Waals surface area contributed by atoms with Crippen LogP contribution < -0.4 is 4.74 Å². The summed E-state index contributed by atoms with van der Waals surface area (Å²) in [6.07, 6.45) is 0. The van der Waals surface area contributed by atoms with Crippen molar-refractivity contribution in [1.29, 1.82) is 0 Å². The van der Waals surface area contributed by atoms with E-state index >= 15 is 0 Å². The number of benzene rings is 2. The molecule has 0 heterocycles. The Hall–Kier alpha value is -2.53. The molecule has 5 nitrogen and oxygen atoms in total. The molecule has 0 aliphatic rings. The van der Waals surface area contributed by atoms with Crippen molar-refractivity contribution >= 4 is 27.3 Å². The summed E-state index contributed by atoms with van der Waals surface area (Å²) >= 11 is 3.05. The van der Waals surface area contributed by atoms with Crippen LogP contribution in [0.3, 0.4) is 0 Å². The highest BCUT2D eigenvalue weighted by Gasteiger charge is 2.22. The van der Waals surface area contributed by atoms with Crippen LogP contribution in [0.2, 0.25) is 0 Å². The molecule has 0 aliphatic carbocycles. The lowest BCUT2D eigenvalue weighted by Crippen LogP contribution is -1.98. The molecule has 0 saturated carbocycles. The minimum Gasteiger partial charge on any atom is -0.454 e. The molecule has 0 bridgehead atoms. The van der Waals surface area contributed by atoms with Gasteiger partial charge in [-0.15, -0.1) is 0 Å². The number of ether oxygens (including phenoxy) is 1. The minimum absolute atomic E-state index is 0.0419. The van der Waals surface area contributed by atoms with Gasteiger partial charge in [0.25, 0.3) is 5.69 Å². The van der Waals surface area contributed by atoms with Crippen molar-refractivity contribution in [2.24, 2.45) is 0 Å². The fourth-order valence-electron chi connectivity index (χ4n) is 1.72. The minimum atomic E-state index is -0.946. The number of rotatable bonds is 3. The molecule has 2 aromatic rings. The number of hydrogen-bond donors (Lipinski definition) is 0. The third-order valence-corrected chi connectivity index (χ3v) is 3.80. The lowest BCUT2D eigenvalue weighted by Gasteiger charge is -2.11. The van der Waals surface area contributed by atoms with E-state index < -0.39 is 22.2 Å². The first-order chi connectivity index (χ1) is 10.3. The molecule has 0 fully saturated rings. The molecular weight excluding hydrogens is 362 g/mol. The molecule has 0 atom stereocenters. The van der Waals surface area contributed by atoms with Gasteiger partial charge in [0, 0.05) is 5.56 Å². The summed E-state index contributed by atoms with van der Waals surface area (Å²) in [6, 6.07) is 4.11. The summed E-state index contributed by atoms with van der Waals surface area (Å²) < 4.78 is 32.6. The Bertz CT molecular complexity index is 819. The maximum Gasteiger partial charge on any atom is 0.276 e. The normalized spacial score (nSPS) is 10.1. The second-order valence-electron chi connectivity index (χ2n) is 4.23. The molecule has 0 amide bonds. The summed E-state index contributed by atoms with van der Waals surface area (Å²) in [5.41, 5.74) is -0.473. The van der Waals surface area contributed by atoms with Crippen LogP contribution in [0.15, 0.2) is 28.7 Å². The van der Waals surface area contributed by atoms with Crippen molar-refractivity contribution < 1.29 is 18.4 Å². The van der Waals surface area contributed by atoms with Crippen LogP contribution in [0.25, 0.3) is 4.85 Å². The van der Waals surface area contributed by atoms with E-state index in [1.165, 1.54) is 13.0 Å². The van der Waals surface area contributed by atoms with Crippen LogP contribution in [0.4, 0.5) is 20.2 Å². The first-order valence-electron chi connectivity index (χ1n) is 5.83. The van der Waals surface area contributed by atoms with Gasteiger partial charge in [0.05, 0.1) is 22.0 Å². The Morgan fingerprint density at radius 3 is 2.59 bits per heavy atom. The summed E-state index contributed by atoms with van der Waals surface area (Å²) in [5, 5.41) is 10.8. The van der Waals surface area contributed by atoms with E-state index in [0.29, 0.717) is 0 Å². The van der Waals surface area contributed by atoms with E-state index in [2.05, 4.69) is 20.8 Å². The summed E-state index contributed by atoms with van der Waals surface area (Å²) in [7, 11) is 0. The van der Waals surface area contributed by atoms with Gasteiger partial charge in [-0.3, -0.25) is 10.1 Å². The smallest absolute Gasteiger partial charge is 0.276 e. The Balaban J connectivity index is 2.49. The van der Waals surface area contributed by atoms with Crippen LogP contribution in [0.1, 0.15) is 5.56 Å². The fraction of sp³-hybridized carbons (Fsp3) is 0.0714. The summed E-state index contributed by atoms with van der Waals surface area (Å²) in [4.78, 5) is 13.1. The molecule has 0 saturated heterocycles. The number of hydrogen-bond acceptors (Lipinski definition) is 3. The number of nitrogens with zero attached hydrogens (tertiary/aromatic N) is 2. The molecule has 2 rings (SSSR count). The van der Waals surface area contributed by atoms with Gasteiger partial charge in [0.2, 0.25) is 5.69 Å². The van der Waals surface area contributed by atoms with E-state index in [9.17, 15) is 18.9 Å². The SMILES string of the molecule is [C-]#[N+]c1cc(Oc2c(F)cc([N+](=O)[O-])c(C)c2Br)ccc1F. The largest absolute Gasteiger partial charge is 0.454 e. The molecule has 0 unspecified atom stereocenters. The Labute approximate surface area is 132 Å².